The third-order valence-electron chi connectivity index (χ3n) is 4.52. The number of nitriles is 1. The van der Waals surface area contributed by atoms with Gasteiger partial charge >= 0.3 is 0 Å². The Morgan fingerprint density at radius 3 is 2.64 bits per heavy atom. The van der Waals surface area contributed by atoms with Gasteiger partial charge in [0.25, 0.3) is 0 Å². The van der Waals surface area contributed by atoms with E-state index in [9.17, 15) is 4.79 Å². The maximum atomic E-state index is 13.2. The second-order valence-electron chi connectivity index (χ2n) is 6.53. The number of thiophene rings is 1. The van der Waals surface area contributed by atoms with Crippen LogP contribution in [0.4, 0.5) is 5.69 Å². The van der Waals surface area contributed by atoms with Crippen molar-refractivity contribution in [1.29, 1.82) is 5.26 Å². The quantitative estimate of drug-likeness (QED) is 0.420. The highest BCUT2D eigenvalue weighted by atomic mass is 32.2. The zero-order chi connectivity index (χ0) is 20.3. The molecule has 1 amide bonds. The van der Waals surface area contributed by atoms with Crippen LogP contribution in [0.2, 0.25) is 0 Å². The molecule has 144 valence electrons. The number of aryl methyl sites for hydroxylation is 3. The Morgan fingerprint density at radius 2 is 1.96 bits per heavy atom. The van der Waals surface area contributed by atoms with E-state index in [0.717, 1.165) is 20.9 Å². The van der Waals surface area contributed by atoms with Gasteiger partial charge in [-0.1, -0.05) is 30.0 Å². The van der Waals surface area contributed by atoms with Crippen molar-refractivity contribution >= 4 is 44.9 Å². The molecule has 0 unspecified atom stereocenters. The zero-order valence-electron chi connectivity index (χ0n) is 16.4. The molecule has 3 rings (SSSR count). The van der Waals surface area contributed by atoms with Gasteiger partial charge in [-0.15, -0.1) is 11.3 Å². The van der Waals surface area contributed by atoms with Crippen molar-refractivity contribution < 1.29 is 4.79 Å². The first-order chi connectivity index (χ1) is 13.4. The van der Waals surface area contributed by atoms with Crippen molar-refractivity contribution in [3.63, 3.8) is 0 Å². The predicted octanol–water partition coefficient (Wildman–Crippen LogP) is 5.04. The molecule has 28 heavy (non-hydrogen) atoms. The van der Waals surface area contributed by atoms with Gasteiger partial charge in [0.2, 0.25) is 5.91 Å². The van der Waals surface area contributed by atoms with Crippen LogP contribution in [0.15, 0.2) is 35.4 Å². The van der Waals surface area contributed by atoms with E-state index in [1.54, 1.807) is 16.2 Å². The van der Waals surface area contributed by atoms with Crippen LogP contribution < -0.4 is 4.90 Å². The molecular formula is C21H22N4OS2. The van der Waals surface area contributed by atoms with Crippen molar-refractivity contribution in [2.75, 3.05) is 11.4 Å². The van der Waals surface area contributed by atoms with E-state index in [1.165, 1.54) is 22.2 Å². The summed E-state index contributed by atoms with van der Waals surface area (Å²) in [5.41, 5.74) is 1.98. The number of thioether (sulfide) groups is 1. The fourth-order valence-electron chi connectivity index (χ4n) is 2.97. The van der Waals surface area contributed by atoms with Crippen molar-refractivity contribution in [3.05, 3.63) is 46.6 Å². The number of aromatic nitrogens is 2. The topological polar surface area (TPSA) is 69.9 Å². The molecular weight excluding hydrogens is 388 g/mol. The first kappa shape index (κ1) is 20.3. The first-order valence-electron chi connectivity index (χ1n) is 9.06. The number of carbonyl (C=O) groups excluding carboxylic acids is 1. The lowest BCUT2D eigenvalue weighted by molar-refractivity contribution is -0.117. The summed E-state index contributed by atoms with van der Waals surface area (Å²) in [4.78, 5) is 26.3. The minimum Gasteiger partial charge on any atom is -0.310 e. The molecule has 5 nitrogen and oxygen atoms in total. The number of benzene rings is 1. The van der Waals surface area contributed by atoms with Gasteiger partial charge in [-0.25, -0.2) is 9.97 Å². The third-order valence-corrected chi connectivity index (χ3v) is 6.70. The average Bonchev–Trinajstić information content (AvgIpc) is 2.96. The zero-order valence-corrected chi connectivity index (χ0v) is 18.0. The largest absolute Gasteiger partial charge is 0.310 e. The summed E-state index contributed by atoms with van der Waals surface area (Å²) in [6.45, 7) is 8.31. The third kappa shape index (κ3) is 4.18. The van der Waals surface area contributed by atoms with E-state index in [1.807, 2.05) is 44.2 Å². The number of amides is 1. The number of nitrogens with zero attached hydrogens (tertiary/aromatic N) is 4. The number of carbonyl (C=O) groups is 1. The minimum absolute atomic E-state index is 0.0273. The van der Waals surface area contributed by atoms with Crippen LogP contribution >= 0.6 is 23.1 Å². The van der Waals surface area contributed by atoms with Crippen LogP contribution in [-0.2, 0) is 4.79 Å². The Kier molecular flexibility index (Phi) is 6.32. The lowest BCUT2D eigenvalue weighted by Crippen LogP contribution is -2.37. The molecule has 2 heterocycles. The molecule has 1 atom stereocenters. The fraction of sp³-hybridized carbons (Fsp3) is 0.333. The van der Waals surface area contributed by atoms with E-state index < -0.39 is 0 Å². The number of fused-ring (bicyclic) bond motifs is 1. The average molecular weight is 411 g/mol. The molecule has 0 aliphatic carbocycles. The smallest absolute Gasteiger partial charge is 0.240 e. The van der Waals surface area contributed by atoms with Crippen LogP contribution in [0, 0.1) is 32.1 Å². The predicted molar refractivity (Wildman–Crippen MR) is 116 cm³/mol. The highest BCUT2D eigenvalue weighted by molar-refractivity contribution is 8.00. The normalized spacial score (nSPS) is 12.0. The molecule has 0 aliphatic rings. The van der Waals surface area contributed by atoms with E-state index in [4.69, 9.17) is 5.26 Å². The summed E-state index contributed by atoms with van der Waals surface area (Å²) in [5.74, 6) is 0.681. The van der Waals surface area contributed by atoms with Crippen molar-refractivity contribution in [2.24, 2.45) is 0 Å². The standard InChI is InChI=1S/C21H22N4OS2/c1-13-14(2)27-19-18(13)20(24-16(4)23-19)28-15(3)21(26)25(12-8-11-22)17-9-6-5-7-10-17/h5-7,9-10,15H,8,12H2,1-4H3/t15-/m0/s1. The molecule has 0 bridgehead atoms. The molecule has 2 aromatic heterocycles. The van der Waals surface area contributed by atoms with Crippen molar-refractivity contribution in [2.45, 2.75) is 44.4 Å². The van der Waals surface area contributed by atoms with Crippen molar-refractivity contribution in [1.82, 2.24) is 9.97 Å². The molecule has 0 radical (unpaired) electrons. The Morgan fingerprint density at radius 1 is 1.25 bits per heavy atom. The van der Waals surface area contributed by atoms with Crippen LogP contribution in [0.3, 0.4) is 0 Å². The minimum atomic E-state index is -0.337. The lowest BCUT2D eigenvalue weighted by Gasteiger charge is -2.25. The Balaban J connectivity index is 1.91. The Hall–Kier alpha value is -2.43. The van der Waals surface area contributed by atoms with E-state index >= 15 is 0 Å². The molecule has 0 spiro atoms. The maximum Gasteiger partial charge on any atom is 0.240 e. The van der Waals surface area contributed by atoms with Crippen LogP contribution in [-0.4, -0.2) is 27.7 Å². The number of rotatable bonds is 6. The second-order valence-corrected chi connectivity index (χ2v) is 9.07. The molecule has 3 aromatic rings. The van der Waals surface area contributed by atoms with Crippen LogP contribution in [0.1, 0.15) is 29.6 Å². The van der Waals surface area contributed by atoms with Gasteiger partial charge in [-0.2, -0.15) is 5.26 Å². The maximum absolute atomic E-state index is 13.2. The van der Waals surface area contributed by atoms with Crippen LogP contribution in [0.5, 0.6) is 0 Å². The molecule has 0 fully saturated rings. The molecule has 0 saturated carbocycles. The van der Waals surface area contributed by atoms with Gasteiger partial charge in [0.15, 0.2) is 0 Å². The van der Waals surface area contributed by atoms with Crippen molar-refractivity contribution in [3.8, 4) is 6.07 Å². The van der Waals surface area contributed by atoms with E-state index in [0.29, 0.717) is 12.4 Å². The van der Waals surface area contributed by atoms with Gasteiger partial charge < -0.3 is 4.90 Å². The first-order valence-corrected chi connectivity index (χ1v) is 10.8. The lowest BCUT2D eigenvalue weighted by atomic mass is 10.2. The highest BCUT2D eigenvalue weighted by Crippen LogP contribution is 2.37. The van der Waals surface area contributed by atoms with E-state index in [-0.39, 0.29) is 17.6 Å². The number of hydrogen-bond donors (Lipinski definition) is 0. The Bertz CT molecular complexity index is 1040. The monoisotopic (exact) mass is 410 g/mol. The number of para-hydroxylation sites is 1. The molecule has 0 aliphatic heterocycles. The molecule has 0 N–H and O–H groups in total. The molecule has 0 saturated heterocycles. The van der Waals surface area contributed by atoms with Gasteiger partial charge in [-0.3, -0.25) is 4.79 Å². The summed E-state index contributed by atoms with van der Waals surface area (Å²) >= 11 is 3.12. The summed E-state index contributed by atoms with van der Waals surface area (Å²) < 4.78 is 0. The summed E-state index contributed by atoms with van der Waals surface area (Å²) in [6, 6.07) is 11.6. The number of hydrogen-bond acceptors (Lipinski definition) is 6. The van der Waals surface area contributed by atoms with Gasteiger partial charge in [0, 0.05) is 22.5 Å². The summed E-state index contributed by atoms with van der Waals surface area (Å²) in [6.07, 6.45) is 0.289. The molecule has 7 heteroatoms. The van der Waals surface area contributed by atoms with Gasteiger partial charge in [0.1, 0.15) is 15.7 Å². The second kappa shape index (κ2) is 8.72. The van der Waals surface area contributed by atoms with Gasteiger partial charge in [0.05, 0.1) is 17.7 Å². The summed E-state index contributed by atoms with van der Waals surface area (Å²) in [5, 5.41) is 10.5. The number of anilines is 1. The van der Waals surface area contributed by atoms with E-state index in [2.05, 4.69) is 29.9 Å². The van der Waals surface area contributed by atoms with Gasteiger partial charge in [-0.05, 0) is 45.4 Å². The Labute approximate surface area is 173 Å². The summed E-state index contributed by atoms with van der Waals surface area (Å²) in [7, 11) is 0. The fourth-order valence-corrected chi connectivity index (χ4v) is 5.23. The SMILES string of the molecule is Cc1nc(S[C@@H](C)C(=O)N(CCC#N)c2ccccc2)c2c(C)c(C)sc2n1. The molecule has 1 aromatic carbocycles. The van der Waals surface area contributed by atoms with Crippen LogP contribution in [0.25, 0.3) is 10.2 Å². The highest BCUT2D eigenvalue weighted by Gasteiger charge is 2.25.